The van der Waals surface area contributed by atoms with Crippen molar-refractivity contribution in [1.82, 2.24) is 0 Å². The normalized spacial score (nSPS) is 19.4. The predicted molar refractivity (Wildman–Crippen MR) is 73.0 cm³/mol. The summed E-state index contributed by atoms with van der Waals surface area (Å²) in [4.78, 5) is 2.06. The molecule has 1 unspecified atom stereocenters. The lowest BCUT2D eigenvalue weighted by Gasteiger charge is -2.23. The largest absolute Gasteiger partial charge is 0.416 e. The van der Waals surface area contributed by atoms with Crippen LogP contribution < -0.4 is 4.90 Å². The van der Waals surface area contributed by atoms with Crippen LogP contribution >= 0.6 is 0 Å². The van der Waals surface area contributed by atoms with Gasteiger partial charge in [-0.05, 0) is 51.0 Å². The second-order valence-corrected chi connectivity index (χ2v) is 6.02. The zero-order valence-electron chi connectivity index (χ0n) is 12.0. The molecule has 1 aromatic carbocycles. The zero-order valence-corrected chi connectivity index (χ0v) is 12.0. The molecule has 0 bridgehead atoms. The second-order valence-electron chi connectivity index (χ2n) is 6.02. The van der Waals surface area contributed by atoms with E-state index in [1.54, 1.807) is 19.9 Å². The third-order valence-electron chi connectivity index (χ3n) is 3.70. The van der Waals surface area contributed by atoms with Crippen molar-refractivity contribution in [2.75, 3.05) is 18.0 Å². The van der Waals surface area contributed by atoms with Gasteiger partial charge in [0, 0.05) is 24.7 Å². The van der Waals surface area contributed by atoms with Gasteiger partial charge in [-0.3, -0.25) is 0 Å². The first-order chi connectivity index (χ1) is 9.12. The van der Waals surface area contributed by atoms with Crippen LogP contribution in [0.4, 0.5) is 18.9 Å². The van der Waals surface area contributed by atoms with Crippen LogP contribution in [0.2, 0.25) is 0 Å². The summed E-state index contributed by atoms with van der Waals surface area (Å²) < 4.78 is 38.5. The predicted octanol–water partition coefficient (Wildman–Crippen LogP) is 3.79. The smallest absolute Gasteiger partial charge is 0.390 e. The minimum Gasteiger partial charge on any atom is -0.390 e. The summed E-state index contributed by atoms with van der Waals surface area (Å²) in [5.74, 6) is -0.0627. The van der Waals surface area contributed by atoms with Gasteiger partial charge in [0.2, 0.25) is 0 Å². The highest BCUT2D eigenvalue weighted by Crippen LogP contribution is 2.43. The minimum atomic E-state index is -4.33. The lowest BCUT2D eigenvalue weighted by Crippen LogP contribution is -2.26. The Kier molecular flexibility index (Phi) is 3.75. The van der Waals surface area contributed by atoms with E-state index < -0.39 is 17.3 Å². The van der Waals surface area contributed by atoms with Crippen LogP contribution in [0.1, 0.15) is 44.2 Å². The summed E-state index contributed by atoms with van der Waals surface area (Å²) >= 11 is 0. The molecule has 0 amide bonds. The Morgan fingerprint density at radius 1 is 1.30 bits per heavy atom. The number of hydrogen-bond donors (Lipinski definition) is 1. The van der Waals surface area contributed by atoms with Gasteiger partial charge in [-0.25, -0.2) is 0 Å². The topological polar surface area (TPSA) is 23.5 Å². The first-order valence-electron chi connectivity index (χ1n) is 6.80. The van der Waals surface area contributed by atoms with Gasteiger partial charge < -0.3 is 10.0 Å². The number of halogens is 3. The van der Waals surface area contributed by atoms with Crippen LogP contribution in [-0.2, 0) is 6.18 Å². The van der Waals surface area contributed by atoms with E-state index in [-0.39, 0.29) is 5.92 Å². The van der Waals surface area contributed by atoms with Crippen LogP contribution in [0, 0.1) is 0 Å². The Balaban J connectivity index is 2.40. The molecule has 0 aromatic heterocycles. The lowest BCUT2D eigenvalue weighted by atomic mass is 9.88. The Morgan fingerprint density at radius 3 is 2.45 bits per heavy atom. The fraction of sp³-hybridized carbons (Fsp3) is 0.600. The van der Waals surface area contributed by atoms with Crippen LogP contribution in [0.5, 0.6) is 0 Å². The average molecular weight is 287 g/mol. The lowest BCUT2D eigenvalue weighted by molar-refractivity contribution is -0.137. The summed E-state index contributed by atoms with van der Waals surface area (Å²) in [7, 11) is 0. The minimum absolute atomic E-state index is 0.0627. The van der Waals surface area contributed by atoms with Crippen LogP contribution in [0.3, 0.4) is 0 Å². The van der Waals surface area contributed by atoms with Gasteiger partial charge in [-0.2, -0.15) is 13.2 Å². The molecule has 1 atom stereocenters. The van der Waals surface area contributed by atoms with Crippen molar-refractivity contribution in [2.24, 2.45) is 0 Å². The molecule has 1 N–H and O–H groups in total. The molecule has 5 heteroatoms. The maximum atomic E-state index is 12.8. The molecule has 1 aromatic rings. The van der Waals surface area contributed by atoms with Gasteiger partial charge in [0.1, 0.15) is 0 Å². The second kappa shape index (κ2) is 4.95. The van der Waals surface area contributed by atoms with Gasteiger partial charge in [0.25, 0.3) is 0 Å². The maximum Gasteiger partial charge on any atom is 0.416 e. The van der Waals surface area contributed by atoms with E-state index in [1.165, 1.54) is 6.07 Å². The van der Waals surface area contributed by atoms with E-state index in [0.29, 0.717) is 18.5 Å². The molecule has 2 rings (SSSR count). The third-order valence-corrected chi connectivity index (χ3v) is 3.70. The molecule has 0 saturated heterocycles. The van der Waals surface area contributed by atoms with Gasteiger partial charge in [-0.15, -0.1) is 0 Å². The molecule has 1 heterocycles. The first-order valence-corrected chi connectivity index (χ1v) is 6.80. The Labute approximate surface area is 117 Å². The average Bonchev–Trinajstić information content (AvgIpc) is 2.63. The quantitative estimate of drug-likeness (QED) is 0.914. The molecular weight excluding hydrogens is 267 g/mol. The number of benzene rings is 1. The standard InChI is InChI=1S/C15H20F3NO/c1-4-19-9-10(8-14(2,3)20)12-7-11(15(16,17)18)5-6-13(12)19/h5-7,10,20H,4,8-9H2,1-3H3. The number of alkyl halides is 3. The monoisotopic (exact) mass is 287 g/mol. The fourth-order valence-corrected chi connectivity index (χ4v) is 2.89. The number of anilines is 1. The van der Waals surface area contributed by atoms with Gasteiger partial charge in [0.15, 0.2) is 0 Å². The van der Waals surface area contributed by atoms with Crippen molar-refractivity contribution in [3.8, 4) is 0 Å². The highest BCUT2D eigenvalue weighted by Gasteiger charge is 2.36. The molecule has 1 aliphatic rings. The molecule has 0 spiro atoms. The van der Waals surface area contributed by atoms with Crippen molar-refractivity contribution in [1.29, 1.82) is 0 Å². The number of aliphatic hydroxyl groups is 1. The van der Waals surface area contributed by atoms with Crippen LogP contribution in [0.25, 0.3) is 0 Å². The molecule has 0 aliphatic carbocycles. The molecule has 0 radical (unpaired) electrons. The number of likely N-dealkylation sites (N-methyl/N-ethyl adjacent to an activating group) is 1. The van der Waals surface area contributed by atoms with Crippen molar-refractivity contribution in [2.45, 2.75) is 44.9 Å². The molecule has 0 saturated carbocycles. The van der Waals surface area contributed by atoms with Gasteiger partial charge >= 0.3 is 6.18 Å². The third kappa shape index (κ3) is 3.08. The van der Waals surface area contributed by atoms with E-state index in [4.69, 9.17) is 0 Å². The molecule has 112 valence electrons. The molecule has 1 aliphatic heterocycles. The van der Waals surface area contributed by atoms with E-state index in [2.05, 4.69) is 4.90 Å². The van der Waals surface area contributed by atoms with E-state index >= 15 is 0 Å². The summed E-state index contributed by atoms with van der Waals surface area (Å²) in [6, 6.07) is 3.92. The summed E-state index contributed by atoms with van der Waals surface area (Å²) in [6.45, 7) is 6.77. The number of rotatable bonds is 3. The fourth-order valence-electron chi connectivity index (χ4n) is 2.89. The Morgan fingerprint density at radius 2 is 1.95 bits per heavy atom. The summed E-state index contributed by atoms with van der Waals surface area (Å²) in [5, 5.41) is 9.95. The van der Waals surface area contributed by atoms with Crippen LogP contribution in [-0.4, -0.2) is 23.8 Å². The highest BCUT2D eigenvalue weighted by atomic mass is 19.4. The van der Waals surface area contributed by atoms with Crippen molar-refractivity contribution >= 4 is 5.69 Å². The van der Waals surface area contributed by atoms with Crippen LogP contribution in [0.15, 0.2) is 18.2 Å². The van der Waals surface area contributed by atoms with E-state index in [9.17, 15) is 18.3 Å². The summed E-state index contributed by atoms with van der Waals surface area (Å²) in [6.07, 6.45) is -3.87. The zero-order chi connectivity index (χ0) is 15.1. The molecule has 0 fully saturated rings. The maximum absolute atomic E-state index is 12.8. The SMILES string of the molecule is CCN1CC(CC(C)(C)O)c2cc(C(F)(F)F)ccc21. The highest BCUT2D eigenvalue weighted by molar-refractivity contribution is 5.61. The Hall–Kier alpha value is -1.23. The van der Waals surface area contributed by atoms with Crippen molar-refractivity contribution in [3.63, 3.8) is 0 Å². The Bertz CT molecular complexity index is 491. The summed E-state index contributed by atoms with van der Waals surface area (Å²) in [5.41, 5.74) is 0.0495. The molecule has 2 nitrogen and oxygen atoms in total. The van der Waals surface area contributed by atoms with Gasteiger partial charge in [0.05, 0.1) is 11.2 Å². The van der Waals surface area contributed by atoms with Gasteiger partial charge in [-0.1, -0.05) is 0 Å². The number of nitrogens with zero attached hydrogens (tertiary/aromatic N) is 1. The molecular formula is C15H20F3NO. The first kappa shape index (κ1) is 15.2. The molecule has 20 heavy (non-hydrogen) atoms. The number of hydrogen-bond acceptors (Lipinski definition) is 2. The van der Waals surface area contributed by atoms with E-state index in [0.717, 1.165) is 18.3 Å². The van der Waals surface area contributed by atoms with E-state index in [1.807, 2.05) is 6.92 Å². The number of fused-ring (bicyclic) bond motifs is 1. The van der Waals surface area contributed by atoms with Crippen molar-refractivity contribution in [3.05, 3.63) is 29.3 Å². The van der Waals surface area contributed by atoms with Crippen molar-refractivity contribution < 1.29 is 18.3 Å².